The van der Waals surface area contributed by atoms with Gasteiger partial charge in [-0.05, 0) is 41.7 Å². The monoisotopic (exact) mass is 280 g/mol. The number of piperazine rings is 1. The molecule has 0 aromatic carbocycles. The molecule has 19 heavy (non-hydrogen) atoms. The molecule has 1 aliphatic rings. The van der Waals surface area contributed by atoms with Gasteiger partial charge in [0.1, 0.15) is 0 Å². The maximum Gasteiger partial charge on any atom is 0.0333 e. The van der Waals surface area contributed by atoms with Crippen molar-refractivity contribution in [3.05, 3.63) is 22.4 Å². The Morgan fingerprint density at radius 3 is 2.74 bits per heavy atom. The Hall–Kier alpha value is -0.380. The fourth-order valence-electron chi connectivity index (χ4n) is 3.29. The predicted octanol–water partition coefficient (Wildman–Crippen LogP) is 3.88. The molecular weight excluding hydrogens is 252 g/mol. The first-order chi connectivity index (χ1) is 9.24. The van der Waals surface area contributed by atoms with E-state index >= 15 is 0 Å². The highest BCUT2D eigenvalue weighted by atomic mass is 32.1. The van der Waals surface area contributed by atoms with E-state index in [9.17, 15) is 0 Å². The first kappa shape index (κ1) is 15.0. The smallest absolute Gasteiger partial charge is 0.0333 e. The third kappa shape index (κ3) is 3.39. The van der Waals surface area contributed by atoms with E-state index in [0.29, 0.717) is 11.6 Å². The molecule has 2 heterocycles. The molecule has 2 rings (SSSR count). The SMILES string of the molecule is CCCC1CN(Cc2ccsc2)C(CC)(CC)CN1. The van der Waals surface area contributed by atoms with Gasteiger partial charge in [-0.1, -0.05) is 27.2 Å². The van der Waals surface area contributed by atoms with Crippen LogP contribution in [0.4, 0.5) is 0 Å². The van der Waals surface area contributed by atoms with Crippen LogP contribution in [-0.2, 0) is 6.54 Å². The van der Waals surface area contributed by atoms with Crippen molar-refractivity contribution in [2.75, 3.05) is 13.1 Å². The van der Waals surface area contributed by atoms with Gasteiger partial charge < -0.3 is 5.32 Å². The molecule has 0 radical (unpaired) electrons. The lowest BCUT2D eigenvalue weighted by Crippen LogP contribution is -2.63. The summed E-state index contributed by atoms with van der Waals surface area (Å²) in [5.41, 5.74) is 1.83. The molecule has 2 nitrogen and oxygen atoms in total. The van der Waals surface area contributed by atoms with Crippen molar-refractivity contribution in [1.29, 1.82) is 0 Å². The highest BCUT2D eigenvalue weighted by Crippen LogP contribution is 2.29. The molecule has 0 saturated carbocycles. The maximum absolute atomic E-state index is 3.78. The average molecular weight is 280 g/mol. The Labute approximate surface area is 122 Å². The van der Waals surface area contributed by atoms with Gasteiger partial charge in [0.15, 0.2) is 0 Å². The maximum atomic E-state index is 3.78. The molecule has 1 N–H and O–H groups in total. The standard InChI is InChI=1S/C16H28N2S/c1-4-7-15-11-18(10-14-8-9-19-12-14)16(5-2,6-3)13-17-15/h8-9,12,15,17H,4-7,10-11,13H2,1-3H3. The number of rotatable bonds is 6. The van der Waals surface area contributed by atoms with Gasteiger partial charge >= 0.3 is 0 Å². The number of hydrogen-bond donors (Lipinski definition) is 1. The summed E-state index contributed by atoms with van der Waals surface area (Å²) in [7, 11) is 0. The van der Waals surface area contributed by atoms with Gasteiger partial charge in [-0.25, -0.2) is 0 Å². The Bertz CT molecular complexity index is 357. The van der Waals surface area contributed by atoms with Gasteiger partial charge in [-0.2, -0.15) is 11.3 Å². The van der Waals surface area contributed by atoms with Crippen molar-refractivity contribution in [2.24, 2.45) is 0 Å². The van der Waals surface area contributed by atoms with E-state index in [4.69, 9.17) is 0 Å². The van der Waals surface area contributed by atoms with Crippen LogP contribution < -0.4 is 5.32 Å². The molecule has 1 atom stereocenters. The van der Waals surface area contributed by atoms with E-state index in [2.05, 4.69) is 47.8 Å². The molecule has 1 saturated heterocycles. The Morgan fingerprint density at radius 1 is 1.37 bits per heavy atom. The number of thiophene rings is 1. The highest BCUT2D eigenvalue weighted by Gasteiger charge is 2.38. The first-order valence-electron chi connectivity index (χ1n) is 7.73. The minimum atomic E-state index is 0.353. The van der Waals surface area contributed by atoms with Crippen molar-refractivity contribution < 1.29 is 0 Å². The number of nitrogens with zero attached hydrogens (tertiary/aromatic N) is 1. The van der Waals surface area contributed by atoms with Crippen LogP contribution >= 0.6 is 11.3 Å². The van der Waals surface area contributed by atoms with Crippen molar-refractivity contribution in [3.8, 4) is 0 Å². The van der Waals surface area contributed by atoms with Crippen LogP contribution in [0.3, 0.4) is 0 Å². The zero-order valence-corrected chi connectivity index (χ0v) is 13.4. The second kappa shape index (κ2) is 6.87. The summed E-state index contributed by atoms with van der Waals surface area (Å²) >= 11 is 1.81. The van der Waals surface area contributed by atoms with Gasteiger partial charge in [0.25, 0.3) is 0 Å². The summed E-state index contributed by atoms with van der Waals surface area (Å²) in [6.07, 6.45) is 5.04. The Kier molecular flexibility index (Phi) is 5.43. The quantitative estimate of drug-likeness (QED) is 0.850. The molecular formula is C16H28N2S. The molecule has 108 valence electrons. The molecule has 1 unspecified atom stereocenters. The van der Waals surface area contributed by atoms with Gasteiger partial charge in [0.2, 0.25) is 0 Å². The predicted molar refractivity (Wildman–Crippen MR) is 84.7 cm³/mol. The highest BCUT2D eigenvalue weighted by molar-refractivity contribution is 7.07. The fraction of sp³-hybridized carbons (Fsp3) is 0.750. The van der Waals surface area contributed by atoms with Crippen LogP contribution in [0.15, 0.2) is 16.8 Å². The van der Waals surface area contributed by atoms with E-state index in [1.807, 2.05) is 11.3 Å². The molecule has 3 heteroatoms. The van der Waals surface area contributed by atoms with E-state index in [1.165, 1.54) is 37.8 Å². The molecule has 1 aliphatic heterocycles. The summed E-state index contributed by atoms with van der Waals surface area (Å²) in [5.74, 6) is 0. The fourth-order valence-corrected chi connectivity index (χ4v) is 3.95. The molecule has 0 aliphatic carbocycles. The van der Waals surface area contributed by atoms with Crippen molar-refractivity contribution >= 4 is 11.3 Å². The summed E-state index contributed by atoms with van der Waals surface area (Å²) in [4.78, 5) is 2.74. The zero-order valence-electron chi connectivity index (χ0n) is 12.6. The largest absolute Gasteiger partial charge is 0.311 e. The second-order valence-corrected chi connectivity index (χ2v) is 6.59. The van der Waals surface area contributed by atoms with E-state index in [-0.39, 0.29) is 0 Å². The normalized spacial score (nSPS) is 23.6. The zero-order chi connectivity index (χ0) is 13.7. The third-order valence-corrected chi connectivity index (χ3v) is 5.47. The topological polar surface area (TPSA) is 15.3 Å². The average Bonchev–Trinajstić information content (AvgIpc) is 2.93. The Balaban J connectivity index is 2.10. The Morgan fingerprint density at radius 2 is 2.16 bits per heavy atom. The first-order valence-corrected chi connectivity index (χ1v) is 8.68. The summed E-state index contributed by atoms with van der Waals surface area (Å²) < 4.78 is 0. The van der Waals surface area contributed by atoms with Crippen LogP contribution in [0.5, 0.6) is 0 Å². The number of nitrogens with one attached hydrogen (secondary N) is 1. The van der Waals surface area contributed by atoms with Gasteiger partial charge in [0, 0.05) is 31.2 Å². The van der Waals surface area contributed by atoms with E-state index < -0.39 is 0 Å². The van der Waals surface area contributed by atoms with Gasteiger partial charge in [0.05, 0.1) is 0 Å². The molecule has 1 aromatic rings. The second-order valence-electron chi connectivity index (χ2n) is 5.81. The summed E-state index contributed by atoms with van der Waals surface area (Å²) in [6.45, 7) is 10.4. The summed E-state index contributed by atoms with van der Waals surface area (Å²) in [5, 5.41) is 8.28. The lowest BCUT2D eigenvalue weighted by atomic mass is 9.86. The third-order valence-electron chi connectivity index (χ3n) is 4.74. The van der Waals surface area contributed by atoms with Crippen LogP contribution in [0.2, 0.25) is 0 Å². The van der Waals surface area contributed by atoms with Crippen LogP contribution in [0, 0.1) is 0 Å². The van der Waals surface area contributed by atoms with Crippen molar-refractivity contribution in [2.45, 2.75) is 64.6 Å². The van der Waals surface area contributed by atoms with Crippen molar-refractivity contribution in [3.63, 3.8) is 0 Å². The van der Waals surface area contributed by atoms with Gasteiger partial charge in [-0.3, -0.25) is 4.90 Å². The van der Waals surface area contributed by atoms with E-state index in [1.54, 1.807) is 0 Å². The molecule has 0 spiro atoms. The lowest BCUT2D eigenvalue weighted by Gasteiger charge is -2.49. The lowest BCUT2D eigenvalue weighted by molar-refractivity contribution is 0.0229. The molecule has 1 fully saturated rings. The number of hydrogen-bond acceptors (Lipinski definition) is 3. The van der Waals surface area contributed by atoms with Crippen LogP contribution in [0.25, 0.3) is 0 Å². The van der Waals surface area contributed by atoms with Crippen molar-refractivity contribution in [1.82, 2.24) is 10.2 Å². The van der Waals surface area contributed by atoms with Crippen LogP contribution in [0.1, 0.15) is 52.0 Å². The minimum Gasteiger partial charge on any atom is -0.311 e. The van der Waals surface area contributed by atoms with Crippen LogP contribution in [-0.4, -0.2) is 29.6 Å². The molecule has 1 aromatic heterocycles. The van der Waals surface area contributed by atoms with Gasteiger partial charge in [-0.15, -0.1) is 0 Å². The summed E-state index contributed by atoms with van der Waals surface area (Å²) in [6, 6.07) is 2.95. The minimum absolute atomic E-state index is 0.353. The van der Waals surface area contributed by atoms with E-state index in [0.717, 1.165) is 13.1 Å². The molecule has 0 amide bonds. The molecule has 0 bridgehead atoms.